The summed E-state index contributed by atoms with van der Waals surface area (Å²) in [6, 6.07) is 6.71. The molecular weight excluding hydrogens is 198 g/mol. The van der Waals surface area contributed by atoms with Crippen LogP contribution in [0.5, 0.6) is 0 Å². The summed E-state index contributed by atoms with van der Waals surface area (Å²) in [7, 11) is 0. The van der Waals surface area contributed by atoms with Crippen molar-refractivity contribution >= 4 is 22.9 Å². The van der Waals surface area contributed by atoms with Gasteiger partial charge in [0.1, 0.15) is 11.5 Å². The zero-order valence-electron chi connectivity index (χ0n) is 7.18. The number of nitrogens with zero attached hydrogens (tertiary/aromatic N) is 2. The van der Waals surface area contributed by atoms with Crippen LogP contribution in [0.15, 0.2) is 29.6 Å². The van der Waals surface area contributed by atoms with Crippen molar-refractivity contribution in [3.05, 3.63) is 40.2 Å². The first-order valence-corrected chi connectivity index (χ1v) is 4.83. The van der Waals surface area contributed by atoms with E-state index in [1.165, 1.54) is 11.3 Å². The third-order valence-electron chi connectivity index (χ3n) is 1.66. The van der Waals surface area contributed by atoms with Crippen LogP contribution in [0.1, 0.15) is 15.4 Å². The number of hydrogen-bond donors (Lipinski definition) is 1. The van der Waals surface area contributed by atoms with E-state index in [2.05, 4.69) is 10.2 Å². The maximum absolute atomic E-state index is 11.7. The Labute approximate surface area is 84.4 Å². The minimum absolute atomic E-state index is 0.118. The van der Waals surface area contributed by atoms with Gasteiger partial charge in [0, 0.05) is 0 Å². The standard InChI is InChI=1S/C9H7N3OS/c10-8-4-3-6(11-12-8)9(13)7-2-1-5-14-7/h1-5H,(H2,10,12). The Balaban J connectivity index is 2.33. The van der Waals surface area contributed by atoms with E-state index in [-0.39, 0.29) is 5.78 Å². The van der Waals surface area contributed by atoms with Gasteiger partial charge in [0.25, 0.3) is 0 Å². The van der Waals surface area contributed by atoms with Crippen LogP contribution < -0.4 is 5.73 Å². The third kappa shape index (κ3) is 1.62. The molecule has 0 fully saturated rings. The van der Waals surface area contributed by atoms with Crippen molar-refractivity contribution in [1.29, 1.82) is 0 Å². The number of aromatic nitrogens is 2. The van der Waals surface area contributed by atoms with Gasteiger partial charge in [-0.05, 0) is 23.6 Å². The molecule has 2 rings (SSSR count). The van der Waals surface area contributed by atoms with Crippen LogP contribution in [0.2, 0.25) is 0 Å². The first-order valence-electron chi connectivity index (χ1n) is 3.95. The number of anilines is 1. The normalized spacial score (nSPS) is 10.0. The molecule has 0 saturated heterocycles. The third-order valence-corrected chi connectivity index (χ3v) is 2.53. The smallest absolute Gasteiger partial charge is 0.223 e. The number of hydrogen-bond acceptors (Lipinski definition) is 5. The van der Waals surface area contributed by atoms with Gasteiger partial charge in [-0.3, -0.25) is 4.79 Å². The molecule has 0 radical (unpaired) electrons. The highest BCUT2D eigenvalue weighted by atomic mass is 32.1. The fourth-order valence-corrected chi connectivity index (χ4v) is 1.67. The molecule has 2 heterocycles. The zero-order valence-corrected chi connectivity index (χ0v) is 7.99. The summed E-state index contributed by atoms with van der Waals surface area (Å²) in [6.07, 6.45) is 0. The predicted octanol–water partition coefficient (Wildman–Crippen LogP) is 1.35. The van der Waals surface area contributed by atoms with E-state index in [9.17, 15) is 4.79 Å². The fraction of sp³-hybridized carbons (Fsp3) is 0. The first-order chi connectivity index (χ1) is 6.77. The number of rotatable bonds is 2. The summed E-state index contributed by atoms with van der Waals surface area (Å²) >= 11 is 1.38. The number of thiophene rings is 1. The van der Waals surface area contributed by atoms with E-state index in [0.29, 0.717) is 16.4 Å². The molecule has 0 atom stereocenters. The Morgan fingerprint density at radius 1 is 1.29 bits per heavy atom. The van der Waals surface area contributed by atoms with E-state index in [0.717, 1.165) is 0 Å². The molecule has 5 heteroatoms. The maximum Gasteiger partial charge on any atom is 0.223 e. The van der Waals surface area contributed by atoms with Gasteiger partial charge in [-0.2, -0.15) is 0 Å². The van der Waals surface area contributed by atoms with Gasteiger partial charge in [-0.15, -0.1) is 21.5 Å². The Hall–Kier alpha value is -1.75. The molecule has 2 aromatic rings. The van der Waals surface area contributed by atoms with Gasteiger partial charge < -0.3 is 5.73 Å². The van der Waals surface area contributed by atoms with Crippen LogP contribution in [-0.2, 0) is 0 Å². The van der Waals surface area contributed by atoms with E-state index >= 15 is 0 Å². The number of ketones is 1. The molecule has 70 valence electrons. The lowest BCUT2D eigenvalue weighted by molar-refractivity contribution is 0.103. The molecule has 0 unspecified atom stereocenters. The van der Waals surface area contributed by atoms with E-state index < -0.39 is 0 Å². The second-order valence-electron chi connectivity index (χ2n) is 2.65. The predicted molar refractivity (Wildman–Crippen MR) is 54.2 cm³/mol. The van der Waals surface area contributed by atoms with Crippen LogP contribution in [0.3, 0.4) is 0 Å². The Morgan fingerprint density at radius 3 is 2.71 bits per heavy atom. The van der Waals surface area contributed by atoms with E-state index in [1.54, 1.807) is 18.2 Å². The van der Waals surface area contributed by atoms with Crippen LogP contribution >= 0.6 is 11.3 Å². The summed E-state index contributed by atoms with van der Waals surface area (Å²) in [6.45, 7) is 0. The Morgan fingerprint density at radius 2 is 2.14 bits per heavy atom. The lowest BCUT2D eigenvalue weighted by atomic mass is 10.2. The summed E-state index contributed by atoms with van der Waals surface area (Å²) in [5, 5.41) is 9.18. The summed E-state index contributed by atoms with van der Waals surface area (Å²) < 4.78 is 0. The first kappa shape index (κ1) is 8.83. The molecule has 0 amide bonds. The minimum atomic E-state index is -0.118. The molecule has 0 saturated carbocycles. The number of carbonyl (C=O) groups is 1. The highest BCUT2D eigenvalue weighted by Gasteiger charge is 2.11. The van der Waals surface area contributed by atoms with Crippen molar-refractivity contribution in [2.24, 2.45) is 0 Å². The second-order valence-corrected chi connectivity index (χ2v) is 3.60. The van der Waals surface area contributed by atoms with Crippen molar-refractivity contribution < 1.29 is 4.79 Å². The van der Waals surface area contributed by atoms with Crippen LogP contribution in [0, 0.1) is 0 Å². The van der Waals surface area contributed by atoms with Gasteiger partial charge >= 0.3 is 0 Å². The van der Waals surface area contributed by atoms with E-state index in [1.807, 2.05) is 11.4 Å². The van der Waals surface area contributed by atoms with Crippen molar-refractivity contribution in [2.75, 3.05) is 5.73 Å². The molecule has 4 nitrogen and oxygen atoms in total. The van der Waals surface area contributed by atoms with Crippen molar-refractivity contribution in [2.45, 2.75) is 0 Å². The van der Waals surface area contributed by atoms with Gasteiger partial charge in [0.15, 0.2) is 0 Å². The average molecular weight is 205 g/mol. The maximum atomic E-state index is 11.7. The number of nitrogen functional groups attached to an aromatic ring is 1. The molecule has 0 aromatic carbocycles. The SMILES string of the molecule is Nc1ccc(C(=O)c2cccs2)nn1. The molecule has 2 aromatic heterocycles. The van der Waals surface area contributed by atoms with Crippen LogP contribution in [0.25, 0.3) is 0 Å². The van der Waals surface area contributed by atoms with Gasteiger partial charge in [-0.25, -0.2) is 0 Å². The molecule has 14 heavy (non-hydrogen) atoms. The van der Waals surface area contributed by atoms with Gasteiger partial charge in [0.05, 0.1) is 4.88 Å². The molecule has 0 aliphatic carbocycles. The lowest BCUT2D eigenvalue weighted by Gasteiger charge is -1.95. The topological polar surface area (TPSA) is 68.9 Å². The second kappa shape index (κ2) is 3.55. The zero-order chi connectivity index (χ0) is 9.97. The average Bonchev–Trinajstić information content (AvgIpc) is 2.71. The molecule has 2 N–H and O–H groups in total. The fourth-order valence-electron chi connectivity index (χ4n) is 0.998. The molecule has 0 aliphatic heterocycles. The molecular formula is C9H7N3OS. The molecule has 0 bridgehead atoms. The lowest BCUT2D eigenvalue weighted by Crippen LogP contribution is -2.04. The van der Waals surface area contributed by atoms with Crippen molar-refractivity contribution in [3.63, 3.8) is 0 Å². The summed E-state index contributed by atoms with van der Waals surface area (Å²) in [5.41, 5.74) is 5.68. The van der Waals surface area contributed by atoms with Crippen LogP contribution in [-0.4, -0.2) is 16.0 Å². The minimum Gasteiger partial charge on any atom is -0.382 e. The molecule has 0 spiro atoms. The number of nitrogens with two attached hydrogens (primary N) is 1. The Kier molecular flexibility index (Phi) is 2.24. The Bertz CT molecular complexity index is 436. The number of carbonyl (C=O) groups excluding carboxylic acids is 1. The molecule has 0 aliphatic rings. The van der Waals surface area contributed by atoms with E-state index in [4.69, 9.17) is 5.73 Å². The van der Waals surface area contributed by atoms with Crippen LogP contribution in [0.4, 0.5) is 5.82 Å². The van der Waals surface area contributed by atoms with Gasteiger partial charge in [-0.1, -0.05) is 6.07 Å². The summed E-state index contributed by atoms with van der Waals surface area (Å²) in [4.78, 5) is 12.3. The highest BCUT2D eigenvalue weighted by Crippen LogP contribution is 2.13. The quantitative estimate of drug-likeness (QED) is 0.751. The van der Waals surface area contributed by atoms with Gasteiger partial charge in [0.2, 0.25) is 5.78 Å². The monoisotopic (exact) mass is 205 g/mol. The van der Waals surface area contributed by atoms with Crippen molar-refractivity contribution in [3.8, 4) is 0 Å². The van der Waals surface area contributed by atoms with Crippen molar-refractivity contribution in [1.82, 2.24) is 10.2 Å². The highest BCUT2D eigenvalue weighted by molar-refractivity contribution is 7.12. The summed E-state index contributed by atoms with van der Waals surface area (Å²) in [5.74, 6) is 0.195. The largest absolute Gasteiger partial charge is 0.382 e.